The van der Waals surface area contributed by atoms with Gasteiger partial charge in [-0.3, -0.25) is 9.59 Å². The van der Waals surface area contributed by atoms with Gasteiger partial charge in [0.05, 0.1) is 12.2 Å². The average Bonchev–Trinajstić information content (AvgIpc) is 3.82. The number of furan rings is 1. The highest BCUT2D eigenvalue weighted by molar-refractivity contribution is 6.13. The van der Waals surface area contributed by atoms with E-state index in [0.717, 1.165) is 48.5 Å². The van der Waals surface area contributed by atoms with E-state index in [4.69, 9.17) is 9.15 Å². The number of amides is 2. The summed E-state index contributed by atoms with van der Waals surface area (Å²) in [5.74, 6) is 0.375. The number of halogens is 1. The summed E-state index contributed by atoms with van der Waals surface area (Å²) >= 11 is 0. The van der Waals surface area contributed by atoms with Gasteiger partial charge in [-0.05, 0) is 86.8 Å². The van der Waals surface area contributed by atoms with Crippen molar-refractivity contribution in [2.75, 3.05) is 38.2 Å². The Morgan fingerprint density at radius 2 is 1.58 bits per heavy atom. The number of anilines is 1. The van der Waals surface area contributed by atoms with Gasteiger partial charge < -0.3 is 24.7 Å². The monoisotopic (exact) mass is 649 g/mol. The summed E-state index contributed by atoms with van der Waals surface area (Å²) in [6.45, 7) is 10.8. The van der Waals surface area contributed by atoms with Crippen molar-refractivity contribution < 1.29 is 23.1 Å². The molecular formula is C40H44FN3O4. The van der Waals surface area contributed by atoms with Crippen LogP contribution in [-0.2, 0) is 0 Å². The van der Waals surface area contributed by atoms with Gasteiger partial charge in [-0.2, -0.15) is 0 Å². The predicted octanol–water partition coefficient (Wildman–Crippen LogP) is 8.73. The van der Waals surface area contributed by atoms with Gasteiger partial charge in [0.25, 0.3) is 11.8 Å². The summed E-state index contributed by atoms with van der Waals surface area (Å²) in [4.78, 5) is 28.9. The highest BCUT2D eigenvalue weighted by Crippen LogP contribution is 2.45. The molecule has 0 atom stereocenters. The van der Waals surface area contributed by atoms with E-state index < -0.39 is 0 Å². The molecule has 1 fully saturated rings. The van der Waals surface area contributed by atoms with E-state index >= 15 is 0 Å². The summed E-state index contributed by atoms with van der Waals surface area (Å²) < 4.78 is 26.1. The Kier molecular flexibility index (Phi) is 10.8. The summed E-state index contributed by atoms with van der Waals surface area (Å²) in [5, 5.41) is 6.50. The summed E-state index contributed by atoms with van der Waals surface area (Å²) in [7, 11) is 1.57. The molecule has 0 spiro atoms. The van der Waals surface area contributed by atoms with E-state index in [9.17, 15) is 14.0 Å². The molecule has 1 aliphatic carbocycles. The molecule has 0 bridgehead atoms. The molecular weight excluding hydrogens is 605 g/mol. The number of carbonyl (C=O) groups excluding carboxylic acids is 2. The third-order valence-electron chi connectivity index (χ3n) is 8.78. The van der Waals surface area contributed by atoms with E-state index in [2.05, 4.69) is 29.4 Å². The van der Waals surface area contributed by atoms with Gasteiger partial charge in [-0.1, -0.05) is 44.2 Å². The number of carbonyl (C=O) groups is 2. The lowest BCUT2D eigenvalue weighted by atomic mass is 9.96. The first kappa shape index (κ1) is 34.2. The standard InChI is InChI=1S/C38H38FN3O4.C2H6/c1-4-42(5-2)32-22-33-31(34(37(44)40-3)35(46-33)25-14-16-28(39)17-15-25)21-30(32)26-10-9-11-27(20-26)36(43)41-23-38(18-19-38)24-45-29-12-7-6-8-13-29;1-2/h6-17,20-22H,4-5,18-19,23-24H2,1-3H3,(H,40,44)(H,41,43);1-2H3. The molecule has 4 aromatic carbocycles. The number of nitrogens with zero attached hydrogens (tertiary/aromatic N) is 1. The SMILES string of the molecule is CC.CCN(CC)c1cc2oc(-c3ccc(F)cc3)c(C(=O)NC)c2cc1-c1cccc(C(=O)NCC2(COc3ccccc3)CC2)c1. The molecule has 0 unspecified atom stereocenters. The molecule has 8 heteroatoms. The predicted molar refractivity (Wildman–Crippen MR) is 191 cm³/mol. The normalized spacial score (nSPS) is 12.9. The number of nitrogens with one attached hydrogen (secondary N) is 2. The minimum atomic E-state index is -0.371. The van der Waals surface area contributed by atoms with E-state index in [1.807, 2.05) is 80.6 Å². The number of ether oxygens (including phenoxy) is 1. The largest absolute Gasteiger partial charge is 0.493 e. The van der Waals surface area contributed by atoms with Crippen molar-refractivity contribution in [2.45, 2.75) is 40.5 Å². The van der Waals surface area contributed by atoms with Crippen molar-refractivity contribution in [3.8, 4) is 28.2 Å². The molecule has 0 aliphatic heterocycles. The maximum absolute atomic E-state index is 13.7. The van der Waals surface area contributed by atoms with E-state index in [0.29, 0.717) is 46.6 Å². The minimum absolute atomic E-state index is 0.0518. The fourth-order valence-electron chi connectivity index (χ4n) is 5.84. The number of rotatable bonds is 12. The third kappa shape index (κ3) is 7.38. The van der Waals surface area contributed by atoms with Crippen LogP contribution >= 0.6 is 0 Å². The van der Waals surface area contributed by atoms with Crippen molar-refractivity contribution in [1.29, 1.82) is 0 Å². The first-order valence-electron chi connectivity index (χ1n) is 16.7. The van der Waals surface area contributed by atoms with Gasteiger partial charge in [-0.15, -0.1) is 0 Å². The minimum Gasteiger partial charge on any atom is -0.493 e. The van der Waals surface area contributed by atoms with Crippen molar-refractivity contribution in [2.24, 2.45) is 5.41 Å². The Morgan fingerprint density at radius 1 is 0.875 bits per heavy atom. The smallest absolute Gasteiger partial charge is 0.255 e. The van der Waals surface area contributed by atoms with Crippen molar-refractivity contribution in [3.05, 3.63) is 108 Å². The fourth-order valence-corrected chi connectivity index (χ4v) is 5.84. The summed E-state index contributed by atoms with van der Waals surface area (Å²) in [5.41, 5.74) is 4.66. The number of para-hydroxylation sites is 1. The highest BCUT2D eigenvalue weighted by atomic mass is 19.1. The quantitative estimate of drug-likeness (QED) is 0.141. The molecule has 2 N–H and O–H groups in total. The van der Waals surface area contributed by atoms with Crippen LogP contribution in [0.1, 0.15) is 61.3 Å². The van der Waals surface area contributed by atoms with Crippen LogP contribution in [-0.4, -0.2) is 45.1 Å². The van der Waals surface area contributed by atoms with Crippen molar-refractivity contribution >= 4 is 28.5 Å². The number of hydrogen-bond acceptors (Lipinski definition) is 5. The summed E-state index contributed by atoms with van der Waals surface area (Å²) in [6, 6.07) is 27.1. The molecule has 1 saturated carbocycles. The highest BCUT2D eigenvalue weighted by Gasteiger charge is 2.43. The van der Waals surface area contributed by atoms with Gasteiger partial charge in [0.1, 0.15) is 22.9 Å². The zero-order valence-electron chi connectivity index (χ0n) is 28.4. The molecule has 7 nitrogen and oxygen atoms in total. The van der Waals surface area contributed by atoms with Gasteiger partial charge in [0.2, 0.25) is 0 Å². The maximum Gasteiger partial charge on any atom is 0.255 e. The Balaban J connectivity index is 0.00000221. The third-order valence-corrected chi connectivity index (χ3v) is 8.78. The van der Waals surface area contributed by atoms with E-state index in [-0.39, 0.29) is 23.0 Å². The van der Waals surface area contributed by atoms with E-state index in [1.54, 1.807) is 19.2 Å². The first-order valence-corrected chi connectivity index (χ1v) is 16.7. The second kappa shape index (κ2) is 15.2. The van der Waals surface area contributed by atoms with Crippen LogP contribution in [0.2, 0.25) is 0 Å². The Hall–Kier alpha value is -5.11. The van der Waals surface area contributed by atoms with Crippen molar-refractivity contribution in [3.63, 3.8) is 0 Å². The topological polar surface area (TPSA) is 83.8 Å². The molecule has 6 rings (SSSR count). The van der Waals surface area contributed by atoms with Gasteiger partial charge in [-0.25, -0.2) is 4.39 Å². The fraction of sp³-hybridized carbons (Fsp3) is 0.300. The second-order valence-corrected chi connectivity index (χ2v) is 11.8. The van der Waals surface area contributed by atoms with Crippen molar-refractivity contribution in [1.82, 2.24) is 10.6 Å². The molecule has 250 valence electrons. The number of hydrogen-bond donors (Lipinski definition) is 2. The Morgan fingerprint density at radius 3 is 2.23 bits per heavy atom. The van der Waals surface area contributed by atoms with Crippen LogP contribution < -0.4 is 20.3 Å². The molecule has 0 radical (unpaired) electrons. The average molecular weight is 650 g/mol. The molecule has 2 amide bonds. The zero-order valence-corrected chi connectivity index (χ0v) is 28.4. The molecule has 5 aromatic rings. The Labute approximate surface area is 282 Å². The van der Waals surface area contributed by atoms with Crippen LogP contribution in [0.3, 0.4) is 0 Å². The zero-order chi connectivity index (χ0) is 34.3. The second-order valence-electron chi connectivity index (χ2n) is 11.8. The number of fused-ring (bicyclic) bond motifs is 1. The Bertz CT molecular complexity index is 1860. The molecule has 0 saturated heterocycles. The lowest BCUT2D eigenvalue weighted by Gasteiger charge is -2.24. The van der Waals surface area contributed by atoms with Crippen LogP contribution in [0.5, 0.6) is 5.75 Å². The van der Waals surface area contributed by atoms with Crippen LogP contribution in [0.15, 0.2) is 95.4 Å². The van der Waals surface area contributed by atoms with Crippen LogP contribution in [0, 0.1) is 11.2 Å². The van der Waals surface area contributed by atoms with E-state index in [1.165, 1.54) is 12.1 Å². The molecule has 48 heavy (non-hydrogen) atoms. The summed E-state index contributed by atoms with van der Waals surface area (Å²) in [6.07, 6.45) is 2.01. The lowest BCUT2D eigenvalue weighted by molar-refractivity contribution is 0.0935. The molecule has 1 aromatic heterocycles. The number of benzene rings is 4. The van der Waals surface area contributed by atoms with Crippen LogP contribution in [0.25, 0.3) is 33.4 Å². The first-order chi connectivity index (χ1) is 23.3. The molecule has 1 aliphatic rings. The van der Waals surface area contributed by atoms with Gasteiger partial charge in [0, 0.05) is 65.9 Å². The maximum atomic E-state index is 13.7. The molecule has 1 heterocycles. The lowest BCUT2D eigenvalue weighted by Crippen LogP contribution is -2.33. The van der Waals surface area contributed by atoms with Crippen LogP contribution in [0.4, 0.5) is 10.1 Å². The van der Waals surface area contributed by atoms with Gasteiger partial charge >= 0.3 is 0 Å². The van der Waals surface area contributed by atoms with Gasteiger partial charge in [0.15, 0.2) is 0 Å².